The molecule has 0 spiro atoms. The van der Waals surface area contributed by atoms with Crippen LogP contribution in [0.1, 0.15) is 26.6 Å². The third-order valence-electron chi connectivity index (χ3n) is 10.4. The van der Waals surface area contributed by atoms with E-state index >= 15 is 0 Å². The molecule has 3 heterocycles. The molecule has 3 aromatic heterocycles. The van der Waals surface area contributed by atoms with Crippen LogP contribution >= 0.6 is 0 Å². The summed E-state index contributed by atoms with van der Waals surface area (Å²) in [5, 5.41) is 4.83. The molecule has 5 heteroatoms. The molecule has 0 fully saturated rings. The van der Waals surface area contributed by atoms with E-state index in [1.165, 1.54) is 21.5 Å². The molecular formula is C49H37N5. The zero-order valence-electron chi connectivity index (χ0n) is 30.4. The molecule has 258 valence electrons. The lowest BCUT2D eigenvalue weighted by molar-refractivity contribution is 0.543. The van der Waals surface area contributed by atoms with Crippen LogP contribution in [0.2, 0.25) is 0 Å². The summed E-state index contributed by atoms with van der Waals surface area (Å²) < 4.78 is 4.74. The molecule has 0 N–H and O–H groups in total. The Kier molecular flexibility index (Phi) is 7.31. The highest BCUT2D eigenvalue weighted by Crippen LogP contribution is 2.42. The minimum Gasteiger partial charge on any atom is -0.309 e. The summed E-state index contributed by atoms with van der Waals surface area (Å²) in [6.45, 7) is 6.51. The zero-order valence-corrected chi connectivity index (χ0v) is 30.4. The summed E-state index contributed by atoms with van der Waals surface area (Å²) in [7, 11) is 0. The lowest BCUT2D eigenvalue weighted by Crippen LogP contribution is -2.18. The molecule has 0 saturated carbocycles. The van der Waals surface area contributed by atoms with Crippen LogP contribution in [0.15, 0.2) is 170 Å². The Balaban J connectivity index is 1.29. The first-order valence-electron chi connectivity index (χ1n) is 18.5. The van der Waals surface area contributed by atoms with Gasteiger partial charge in [-0.05, 0) is 48.0 Å². The second-order valence-electron chi connectivity index (χ2n) is 14.9. The van der Waals surface area contributed by atoms with Crippen LogP contribution in [0, 0.1) is 0 Å². The molecule has 54 heavy (non-hydrogen) atoms. The van der Waals surface area contributed by atoms with E-state index in [4.69, 9.17) is 15.0 Å². The highest BCUT2D eigenvalue weighted by Gasteiger charge is 2.26. The summed E-state index contributed by atoms with van der Waals surface area (Å²) in [5.41, 5.74) is 10.3. The highest BCUT2D eigenvalue weighted by molar-refractivity contribution is 6.11. The molecule has 0 aliphatic rings. The van der Waals surface area contributed by atoms with Crippen molar-refractivity contribution in [3.8, 4) is 45.3 Å². The average molecular weight is 696 g/mol. The molecule has 0 radical (unpaired) electrons. The van der Waals surface area contributed by atoms with E-state index in [9.17, 15) is 0 Å². The molecular weight excluding hydrogens is 659 g/mol. The second kappa shape index (κ2) is 12.4. The number of nitrogens with zero attached hydrogens (tertiary/aromatic N) is 5. The third-order valence-corrected chi connectivity index (χ3v) is 10.4. The molecule has 5 nitrogen and oxygen atoms in total. The predicted molar refractivity (Wildman–Crippen MR) is 224 cm³/mol. The first-order valence-corrected chi connectivity index (χ1v) is 18.5. The van der Waals surface area contributed by atoms with Crippen molar-refractivity contribution in [3.63, 3.8) is 0 Å². The minimum absolute atomic E-state index is 0.349. The van der Waals surface area contributed by atoms with Crippen molar-refractivity contribution >= 4 is 43.6 Å². The Labute approximate surface area is 313 Å². The van der Waals surface area contributed by atoms with Crippen LogP contribution in [0.4, 0.5) is 0 Å². The maximum Gasteiger partial charge on any atom is 0.165 e. The van der Waals surface area contributed by atoms with Gasteiger partial charge in [0.2, 0.25) is 0 Å². The summed E-state index contributed by atoms with van der Waals surface area (Å²) >= 11 is 0. The number of hydrogen-bond donors (Lipinski definition) is 0. The van der Waals surface area contributed by atoms with Gasteiger partial charge in [-0.3, -0.25) is 0 Å². The van der Waals surface area contributed by atoms with E-state index in [0.29, 0.717) is 11.6 Å². The Bertz CT molecular complexity index is 2930. The molecule has 0 amide bonds. The Morgan fingerprint density at radius 2 is 0.796 bits per heavy atom. The van der Waals surface area contributed by atoms with Gasteiger partial charge in [-0.1, -0.05) is 148 Å². The van der Waals surface area contributed by atoms with Crippen molar-refractivity contribution in [1.82, 2.24) is 24.1 Å². The second-order valence-corrected chi connectivity index (χ2v) is 14.9. The number of para-hydroxylation sites is 6. The maximum absolute atomic E-state index is 5.43. The van der Waals surface area contributed by atoms with Crippen LogP contribution < -0.4 is 0 Å². The molecule has 0 aliphatic heterocycles. The zero-order chi connectivity index (χ0) is 36.4. The van der Waals surface area contributed by atoms with Crippen LogP contribution in [-0.4, -0.2) is 24.1 Å². The summed E-state index contributed by atoms with van der Waals surface area (Å²) in [4.78, 5) is 16.0. The summed E-state index contributed by atoms with van der Waals surface area (Å²) in [6, 6.07) is 60.1. The van der Waals surface area contributed by atoms with Crippen molar-refractivity contribution in [2.75, 3.05) is 0 Å². The normalized spacial score (nSPS) is 12.0. The monoisotopic (exact) mass is 695 g/mol. The largest absolute Gasteiger partial charge is 0.309 e. The first-order chi connectivity index (χ1) is 26.5. The number of hydrogen-bond acceptors (Lipinski definition) is 3. The van der Waals surface area contributed by atoms with E-state index in [-0.39, 0.29) is 5.41 Å². The quantitative estimate of drug-likeness (QED) is 0.180. The van der Waals surface area contributed by atoms with Gasteiger partial charge in [-0.25, -0.2) is 15.0 Å². The Hall–Kier alpha value is -6.85. The predicted octanol–water partition coefficient (Wildman–Crippen LogP) is 12.4. The third kappa shape index (κ3) is 5.04. The SMILES string of the molecule is CC(C)(C)c1nc(-c2ccccc2-n2c3ccccc3c3ccccc32)nc(-c2cccc(-c3ccccc3)c2-n2c3ccccc3c3ccccc32)n1. The van der Waals surface area contributed by atoms with Gasteiger partial charge in [0.1, 0.15) is 5.82 Å². The van der Waals surface area contributed by atoms with Crippen LogP contribution in [0.25, 0.3) is 88.9 Å². The van der Waals surface area contributed by atoms with Crippen molar-refractivity contribution in [2.24, 2.45) is 0 Å². The number of benzene rings is 7. The van der Waals surface area contributed by atoms with E-state index in [2.05, 4.69) is 200 Å². The van der Waals surface area contributed by atoms with Crippen LogP contribution in [0.5, 0.6) is 0 Å². The van der Waals surface area contributed by atoms with E-state index in [1.54, 1.807) is 0 Å². The van der Waals surface area contributed by atoms with E-state index in [1.807, 2.05) is 0 Å². The lowest BCUT2D eigenvalue weighted by Gasteiger charge is -2.22. The summed E-state index contributed by atoms with van der Waals surface area (Å²) in [6.07, 6.45) is 0. The Morgan fingerprint density at radius 3 is 1.35 bits per heavy atom. The first kappa shape index (κ1) is 31.9. The molecule has 0 unspecified atom stereocenters. The molecule has 0 aliphatic carbocycles. The van der Waals surface area contributed by atoms with Crippen molar-refractivity contribution in [2.45, 2.75) is 26.2 Å². The van der Waals surface area contributed by atoms with Gasteiger partial charge in [-0.2, -0.15) is 0 Å². The van der Waals surface area contributed by atoms with Crippen molar-refractivity contribution in [3.05, 3.63) is 176 Å². The molecule has 0 bridgehead atoms. The van der Waals surface area contributed by atoms with Gasteiger partial charge in [0.15, 0.2) is 11.6 Å². The van der Waals surface area contributed by atoms with Gasteiger partial charge in [0, 0.05) is 43.7 Å². The summed E-state index contributed by atoms with van der Waals surface area (Å²) in [5.74, 6) is 2.01. The van der Waals surface area contributed by atoms with Crippen molar-refractivity contribution < 1.29 is 0 Å². The molecule has 0 saturated heterocycles. The van der Waals surface area contributed by atoms with E-state index < -0.39 is 0 Å². The van der Waals surface area contributed by atoms with Gasteiger partial charge < -0.3 is 9.13 Å². The molecule has 10 aromatic rings. The van der Waals surface area contributed by atoms with Crippen LogP contribution in [-0.2, 0) is 5.41 Å². The van der Waals surface area contributed by atoms with Crippen LogP contribution in [0.3, 0.4) is 0 Å². The molecule has 0 atom stereocenters. The van der Waals surface area contributed by atoms with Gasteiger partial charge >= 0.3 is 0 Å². The smallest absolute Gasteiger partial charge is 0.165 e. The number of rotatable bonds is 5. The fourth-order valence-corrected chi connectivity index (χ4v) is 7.97. The van der Waals surface area contributed by atoms with E-state index in [0.717, 1.165) is 61.5 Å². The molecule has 10 rings (SSSR count). The van der Waals surface area contributed by atoms with Gasteiger partial charge in [0.05, 0.1) is 33.4 Å². The van der Waals surface area contributed by atoms with Gasteiger partial charge in [-0.15, -0.1) is 0 Å². The minimum atomic E-state index is -0.349. The number of aromatic nitrogens is 5. The Morgan fingerprint density at radius 1 is 0.370 bits per heavy atom. The standard InChI is InChI=1S/C49H37N5/c1-49(2,3)48-51-46(38-24-11-16-31-44(38)53-40-27-12-7-20-34(40)35-21-8-13-28-41(35)53)50-47(52-48)39-26-17-25-33(32-18-5-4-6-19-32)45(39)54-42-29-14-9-22-36(42)37-23-10-15-30-43(37)54/h4-31H,1-3H3. The average Bonchev–Trinajstić information content (AvgIpc) is 3.73. The topological polar surface area (TPSA) is 48.5 Å². The fourth-order valence-electron chi connectivity index (χ4n) is 7.97. The fraction of sp³-hybridized carbons (Fsp3) is 0.0816. The highest BCUT2D eigenvalue weighted by atomic mass is 15.1. The molecule has 7 aromatic carbocycles. The number of fused-ring (bicyclic) bond motifs is 6. The van der Waals surface area contributed by atoms with Gasteiger partial charge in [0.25, 0.3) is 0 Å². The maximum atomic E-state index is 5.43. The lowest BCUT2D eigenvalue weighted by atomic mass is 9.95. The van der Waals surface area contributed by atoms with Crippen molar-refractivity contribution in [1.29, 1.82) is 0 Å².